The molecular formula is C25H25N6O2. The molecule has 2 N–H and O–H groups in total. The molecule has 5 rings (SSSR count). The molecule has 167 valence electrons. The van der Waals surface area contributed by atoms with E-state index in [9.17, 15) is 4.79 Å². The Morgan fingerprint density at radius 3 is 2.64 bits per heavy atom. The Hall–Kier alpha value is -3.91. The van der Waals surface area contributed by atoms with Gasteiger partial charge in [0.05, 0.1) is 30.2 Å². The van der Waals surface area contributed by atoms with E-state index in [0.29, 0.717) is 17.1 Å². The standard InChI is InChI=1S/C25H25N6O2/c1-2-26-22-5-3-4-20(29-22)21-16-17-10-11-27-25(32)23(17)24(30-21)28-18-6-8-19(9-7-18)31-12-14-33-15-13-31/h3-11,16H,2,12-15H2,1H3,(H,26,29)(H,28,30). The Kier molecular flexibility index (Phi) is 5.91. The Labute approximate surface area is 192 Å². The van der Waals surface area contributed by atoms with Crippen LogP contribution in [-0.4, -0.2) is 48.7 Å². The fourth-order valence-corrected chi connectivity index (χ4v) is 3.96. The quantitative estimate of drug-likeness (QED) is 0.599. The third kappa shape index (κ3) is 4.51. The number of amides is 1. The van der Waals surface area contributed by atoms with Crippen LogP contribution in [0, 0.1) is 0 Å². The van der Waals surface area contributed by atoms with Crippen molar-refractivity contribution in [3.63, 3.8) is 0 Å². The van der Waals surface area contributed by atoms with Crippen LogP contribution in [-0.2, 0) is 4.74 Å². The summed E-state index contributed by atoms with van der Waals surface area (Å²) >= 11 is 0. The minimum Gasteiger partial charge on any atom is -0.378 e. The number of fused-ring (bicyclic) bond motifs is 1. The van der Waals surface area contributed by atoms with Crippen LogP contribution in [0.2, 0.25) is 0 Å². The van der Waals surface area contributed by atoms with E-state index in [0.717, 1.165) is 61.3 Å². The maximum absolute atomic E-state index is 12.6. The maximum Gasteiger partial charge on any atom is 0.281 e. The number of anilines is 4. The molecule has 0 spiro atoms. The van der Waals surface area contributed by atoms with E-state index in [-0.39, 0.29) is 5.91 Å². The van der Waals surface area contributed by atoms with Crippen molar-refractivity contribution in [1.82, 2.24) is 15.3 Å². The first kappa shape index (κ1) is 21.0. The molecule has 0 unspecified atom stereocenters. The fraction of sp³-hybridized carbons (Fsp3) is 0.240. The van der Waals surface area contributed by atoms with Crippen LogP contribution >= 0.6 is 0 Å². The molecule has 0 saturated carbocycles. The van der Waals surface area contributed by atoms with Crippen LogP contribution in [0.25, 0.3) is 17.5 Å². The highest BCUT2D eigenvalue weighted by molar-refractivity contribution is 6.05. The highest BCUT2D eigenvalue weighted by Gasteiger charge is 2.23. The number of benzene rings is 1. The van der Waals surface area contributed by atoms with Gasteiger partial charge in [0.2, 0.25) is 0 Å². The van der Waals surface area contributed by atoms with E-state index in [1.807, 2.05) is 49.4 Å². The summed E-state index contributed by atoms with van der Waals surface area (Å²) in [4.78, 5) is 24.3. The van der Waals surface area contributed by atoms with Gasteiger partial charge in [0.15, 0.2) is 0 Å². The molecule has 2 aliphatic rings. The lowest BCUT2D eigenvalue weighted by Crippen LogP contribution is -2.36. The van der Waals surface area contributed by atoms with Gasteiger partial charge in [-0.25, -0.2) is 15.3 Å². The summed E-state index contributed by atoms with van der Waals surface area (Å²) in [7, 11) is 0. The van der Waals surface area contributed by atoms with Crippen molar-refractivity contribution in [2.45, 2.75) is 6.92 Å². The second-order valence-electron chi connectivity index (χ2n) is 7.78. The van der Waals surface area contributed by atoms with Crippen molar-refractivity contribution in [2.75, 3.05) is 48.4 Å². The molecule has 33 heavy (non-hydrogen) atoms. The average molecular weight is 442 g/mol. The number of carbonyl (C=O) groups excluding carboxylic acids is 1. The molecule has 4 heterocycles. The molecule has 2 aliphatic heterocycles. The van der Waals surface area contributed by atoms with Crippen LogP contribution in [0.4, 0.5) is 23.0 Å². The number of rotatable bonds is 6. The zero-order valence-electron chi connectivity index (χ0n) is 18.4. The van der Waals surface area contributed by atoms with Crippen LogP contribution in [0.1, 0.15) is 22.8 Å². The first-order valence-corrected chi connectivity index (χ1v) is 11.1. The van der Waals surface area contributed by atoms with E-state index in [2.05, 4.69) is 38.0 Å². The second-order valence-corrected chi connectivity index (χ2v) is 7.78. The topological polar surface area (TPSA) is 93.5 Å². The molecule has 8 nitrogen and oxygen atoms in total. The molecule has 0 bridgehead atoms. The zero-order valence-corrected chi connectivity index (χ0v) is 18.4. The predicted octanol–water partition coefficient (Wildman–Crippen LogP) is 3.88. The molecule has 3 aromatic rings. The highest BCUT2D eigenvalue weighted by atomic mass is 16.5. The van der Waals surface area contributed by atoms with Crippen LogP contribution in [0.15, 0.2) is 54.7 Å². The number of aromatic nitrogens is 2. The predicted molar refractivity (Wildman–Crippen MR) is 130 cm³/mol. The molecule has 2 aromatic heterocycles. The molecule has 1 aromatic carbocycles. The molecule has 1 amide bonds. The van der Waals surface area contributed by atoms with Gasteiger partial charge < -0.3 is 20.3 Å². The molecule has 8 heteroatoms. The molecule has 0 atom stereocenters. The van der Waals surface area contributed by atoms with Gasteiger partial charge >= 0.3 is 0 Å². The summed E-state index contributed by atoms with van der Waals surface area (Å²) in [5.74, 6) is 0.938. The van der Waals surface area contributed by atoms with E-state index < -0.39 is 0 Å². The summed E-state index contributed by atoms with van der Waals surface area (Å²) < 4.78 is 5.44. The average Bonchev–Trinajstić information content (AvgIpc) is 2.85. The monoisotopic (exact) mass is 441 g/mol. The number of ether oxygens (including phenoxy) is 1. The number of nitrogens with zero attached hydrogens (tertiary/aromatic N) is 4. The molecule has 1 radical (unpaired) electrons. The lowest BCUT2D eigenvalue weighted by Gasteiger charge is -2.29. The fourth-order valence-electron chi connectivity index (χ4n) is 3.96. The minimum absolute atomic E-state index is 0.312. The van der Waals surface area contributed by atoms with Crippen molar-refractivity contribution in [2.24, 2.45) is 0 Å². The number of hydrogen-bond donors (Lipinski definition) is 2. The molecule has 0 aliphatic carbocycles. The van der Waals surface area contributed by atoms with Gasteiger partial charge in [-0.3, -0.25) is 4.79 Å². The van der Waals surface area contributed by atoms with Crippen molar-refractivity contribution in [1.29, 1.82) is 0 Å². The molecular weight excluding hydrogens is 416 g/mol. The van der Waals surface area contributed by atoms with Gasteiger partial charge in [0.25, 0.3) is 5.91 Å². The first-order valence-electron chi connectivity index (χ1n) is 11.1. The lowest BCUT2D eigenvalue weighted by molar-refractivity contribution is 0.0965. The summed E-state index contributed by atoms with van der Waals surface area (Å²) in [5, 5.41) is 10.5. The number of nitrogens with one attached hydrogen (secondary N) is 2. The van der Waals surface area contributed by atoms with E-state index in [1.54, 1.807) is 0 Å². The zero-order chi connectivity index (χ0) is 22.6. The Morgan fingerprint density at radius 1 is 1.03 bits per heavy atom. The van der Waals surface area contributed by atoms with Gasteiger partial charge in [-0.1, -0.05) is 6.07 Å². The lowest BCUT2D eigenvalue weighted by atomic mass is 10.0. The number of pyridine rings is 2. The van der Waals surface area contributed by atoms with Crippen LogP contribution in [0.5, 0.6) is 0 Å². The Bertz CT molecular complexity index is 1190. The normalized spacial score (nSPS) is 15.1. The summed E-state index contributed by atoms with van der Waals surface area (Å²) in [6.45, 7) is 6.05. The SMILES string of the molecule is CCNc1cccc(-c2cc3c(c(Nc4ccc(N5CCOCC5)cc4)n2)C(=O)[N]C=C3)n1. The Morgan fingerprint density at radius 2 is 1.85 bits per heavy atom. The number of carbonyl (C=O) groups is 1. The van der Waals surface area contributed by atoms with E-state index in [4.69, 9.17) is 9.72 Å². The van der Waals surface area contributed by atoms with Crippen molar-refractivity contribution < 1.29 is 9.53 Å². The first-order chi connectivity index (χ1) is 16.2. The van der Waals surface area contributed by atoms with E-state index in [1.165, 1.54) is 6.20 Å². The number of hydrogen-bond acceptors (Lipinski definition) is 7. The van der Waals surface area contributed by atoms with E-state index >= 15 is 0 Å². The van der Waals surface area contributed by atoms with Gasteiger partial charge in [0, 0.05) is 37.2 Å². The van der Waals surface area contributed by atoms with Crippen molar-refractivity contribution >= 4 is 35.0 Å². The third-order valence-electron chi connectivity index (χ3n) is 5.59. The largest absolute Gasteiger partial charge is 0.378 e. The van der Waals surface area contributed by atoms with Crippen LogP contribution in [0.3, 0.4) is 0 Å². The van der Waals surface area contributed by atoms with Gasteiger partial charge in [-0.15, -0.1) is 0 Å². The Balaban J connectivity index is 1.48. The van der Waals surface area contributed by atoms with Crippen LogP contribution < -0.4 is 20.9 Å². The summed E-state index contributed by atoms with van der Waals surface area (Å²) in [5.41, 5.74) is 4.62. The summed E-state index contributed by atoms with van der Waals surface area (Å²) in [6, 6.07) is 15.8. The van der Waals surface area contributed by atoms with Gasteiger partial charge in [-0.2, -0.15) is 0 Å². The molecule has 1 fully saturated rings. The van der Waals surface area contributed by atoms with Crippen molar-refractivity contribution in [3.05, 3.63) is 65.9 Å². The van der Waals surface area contributed by atoms with Crippen molar-refractivity contribution in [3.8, 4) is 11.4 Å². The third-order valence-corrected chi connectivity index (χ3v) is 5.59. The minimum atomic E-state index is -0.312. The van der Waals surface area contributed by atoms with Gasteiger partial charge in [0.1, 0.15) is 11.6 Å². The maximum atomic E-state index is 12.6. The smallest absolute Gasteiger partial charge is 0.281 e. The molecule has 1 saturated heterocycles. The summed E-state index contributed by atoms with van der Waals surface area (Å²) in [6.07, 6.45) is 3.35. The second kappa shape index (κ2) is 9.30. The highest BCUT2D eigenvalue weighted by Crippen LogP contribution is 2.31. The number of morpholine rings is 1. The van der Waals surface area contributed by atoms with Gasteiger partial charge in [-0.05, 0) is 61.0 Å².